The van der Waals surface area contributed by atoms with E-state index < -0.39 is 4.92 Å². The van der Waals surface area contributed by atoms with Crippen LogP contribution in [0.2, 0.25) is 5.02 Å². The average molecular weight is 270 g/mol. The van der Waals surface area contributed by atoms with E-state index in [0.29, 0.717) is 0 Å². The number of nitrogens with one attached hydrogen (secondary N) is 1. The van der Waals surface area contributed by atoms with Gasteiger partial charge in [0.2, 0.25) is 0 Å². The normalized spacial score (nSPS) is 15.0. The third-order valence-electron chi connectivity index (χ3n) is 3.02. The summed E-state index contributed by atoms with van der Waals surface area (Å²) in [4.78, 5) is 23.9. The smallest absolute Gasteiger partial charge is 0.270 e. The maximum atomic E-state index is 12.2. The Morgan fingerprint density at radius 2 is 2.22 bits per heavy atom. The Balaban J connectivity index is 2.28. The molecule has 1 aromatic rings. The minimum atomic E-state index is -0.544. The summed E-state index contributed by atoms with van der Waals surface area (Å²) in [6.45, 7) is 1.46. The quantitative estimate of drug-likeness (QED) is 0.663. The molecule has 1 aliphatic rings. The lowest BCUT2D eigenvalue weighted by Gasteiger charge is -2.35. The van der Waals surface area contributed by atoms with E-state index >= 15 is 0 Å². The minimum Gasteiger partial charge on any atom is -0.336 e. The fourth-order valence-corrected chi connectivity index (χ4v) is 1.89. The Hall–Kier alpha value is -1.66. The molecule has 1 amide bonds. The van der Waals surface area contributed by atoms with Gasteiger partial charge in [0.15, 0.2) is 0 Å². The van der Waals surface area contributed by atoms with Gasteiger partial charge in [-0.2, -0.15) is 0 Å². The number of likely N-dealkylation sites (N-methyl/N-ethyl adjacent to an activating group) is 1. The maximum Gasteiger partial charge on any atom is 0.270 e. The predicted octanol–water partition coefficient (Wildman–Crippen LogP) is 1.29. The lowest BCUT2D eigenvalue weighted by Crippen LogP contribution is -2.57. The number of nitro benzene ring substituents is 1. The van der Waals surface area contributed by atoms with Crippen molar-refractivity contribution < 1.29 is 9.72 Å². The molecule has 0 unspecified atom stereocenters. The third-order valence-corrected chi connectivity index (χ3v) is 3.35. The molecule has 2 rings (SSSR count). The molecule has 1 fully saturated rings. The summed E-state index contributed by atoms with van der Waals surface area (Å²) in [5.74, 6) is -0.296. The molecule has 7 heteroatoms. The summed E-state index contributed by atoms with van der Waals surface area (Å²) in [6.07, 6.45) is 0. The fraction of sp³-hybridized carbons (Fsp3) is 0.364. The number of halogens is 1. The number of nitrogens with zero attached hydrogens (tertiary/aromatic N) is 2. The lowest BCUT2D eigenvalue weighted by molar-refractivity contribution is -0.384. The van der Waals surface area contributed by atoms with Gasteiger partial charge >= 0.3 is 0 Å². The SMILES string of the molecule is CN(C(=O)c1cc([N+](=O)[O-])ccc1Cl)C1CNC1. The average Bonchev–Trinajstić information content (AvgIpc) is 2.26. The first-order valence-corrected chi connectivity index (χ1v) is 5.80. The Bertz CT molecular complexity index is 502. The number of amides is 1. The number of rotatable bonds is 3. The molecule has 1 aromatic carbocycles. The molecule has 0 saturated carbocycles. The number of hydrogen-bond donors (Lipinski definition) is 1. The highest BCUT2D eigenvalue weighted by atomic mass is 35.5. The number of carbonyl (C=O) groups is 1. The molecule has 0 spiro atoms. The van der Waals surface area contributed by atoms with Crippen molar-refractivity contribution in [3.05, 3.63) is 38.9 Å². The molecule has 0 radical (unpaired) electrons. The Labute approximate surface area is 109 Å². The van der Waals surface area contributed by atoms with E-state index in [-0.39, 0.29) is 28.2 Å². The minimum absolute atomic E-state index is 0.118. The van der Waals surface area contributed by atoms with E-state index in [9.17, 15) is 14.9 Å². The third kappa shape index (κ3) is 2.30. The summed E-state index contributed by atoms with van der Waals surface area (Å²) in [5.41, 5.74) is 0.0307. The molecular weight excluding hydrogens is 258 g/mol. The van der Waals surface area contributed by atoms with E-state index in [4.69, 9.17) is 11.6 Å². The van der Waals surface area contributed by atoms with Gasteiger partial charge in [-0.15, -0.1) is 0 Å². The highest BCUT2D eigenvalue weighted by Crippen LogP contribution is 2.24. The molecule has 18 heavy (non-hydrogen) atoms. The van der Waals surface area contributed by atoms with E-state index in [1.165, 1.54) is 18.2 Å². The van der Waals surface area contributed by atoms with E-state index in [1.807, 2.05) is 0 Å². The molecule has 96 valence electrons. The molecule has 0 bridgehead atoms. The molecule has 0 aromatic heterocycles. The van der Waals surface area contributed by atoms with Crippen LogP contribution in [0.1, 0.15) is 10.4 Å². The molecule has 0 aliphatic carbocycles. The molecular formula is C11H12ClN3O3. The number of nitro groups is 1. The van der Waals surface area contributed by atoms with Crippen LogP contribution in [0, 0.1) is 10.1 Å². The first-order valence-electron chi connectivity index (χ1n) is 5.42. The van der Waals surface area contributed by atoms with Crippen LogP contribution in [0.3, 0.4) is 0 Å². The van der Waals surface area contributed by atoms with Gasteiger partial charge in [0.1, 0.15) is 0 Å². The van der Waals surface area contributed by atoms with Crippen molar-refractivity contribution in [2.75, 3.05) is 20.1 Å². The van der Waals surface area contributed by atoms with Crippen LogP contribution < -0.4 is 5.32 Å². The highest BCUT2D eigenvalue weighted by Gasteiger charge is 2.27. The molecule has 1 N–H and O–H groups in total. The largest absolute Gasteiger partial charge is 0.336 e. The van der Waals surface area contributed by atoms with Crippen LogP contribution in [-0.2, 0) is 0 Å². The zero-order chi connectivity index (χ0) is 13.3. The summed E-state index contributed by atoms with van der Waals surface area (Å²) in [7, 11) is 1.67. The van der Waals surface area contributed by atoms with Crippen molar-refractivity contribution in [3.8, 4) is 0 Å². The van der Waals surface area contributed by atoms with Crippen LogP contribution in [0.25, 0.3) is 0 Å². The Kier molecular flexibility index (Phi) is 3.49. The summed E-state index contributed by atoms with van der Waals surface area (Å²) in [5, 5.41) is 14.0. The molecule has 1 heterocycles. The van der Waals surface area contributed by atoms with Crippen molar-refractivity contribution in [2.24, 2.45) is 0 Å². The van der Waals surface area contributed by atoms with E-state index in [2.05, 4.69) is 5.32 Å². The second-order valence-corrected chi connectivity index (χ2v) is 4.56. The number of non-ortho nitro benzene ring substituents is 1. The van der Waals surface area contributed by atoms with Crippen LogP contribution in [0.5, 0.6) is 0 Å². The monoisotopic (exact) mass is 269 g/mol. The lowest BCUT2D eigenvalue weighted by atomic mass is 10.1. The maximum absolute atomic E-state index is 12.2. The van der Waals surface area contributed by atoms with Crippen LogP contribution in [-0.4, -0.2) is 41.9 Å². The highest BCUT2D eigenvalue weighted by molar-refractivity contribution is 6.33. The predicted molar refractivity (Wildman–Crippen MR) is 66.9 cm³/mol. The summed E-state index contributed by atoms with van der Waals surface area (Å²) >= 11 is 5.92. The zero-order valence-electron chi connectivity index (χ0n) is 9.72. The Morgan fingerprint density at radius 1 is 1.56 bits per heavy atom. The standard InChI is InChI=1S/C11H12ClN3O3/c1-14(8-5-13-6-8)11(16)9-4-7(15(17)18)2-3-10(9)12/h2-4,8,13H,5-6H2,1H3. The topological polar surface area (TPSA) is 75.5 Å². The van der Waals surface area contributed by atoms with E-state index in [0.717, 1.165) is 13.1 Å². The second kappa shape index (κ2) is 4.91. The molecule has 0 atom stereocenters. The zero-order valence-corrected chi connectivity index (χ0v) is 10.5. The van der Waals surface area contributed by atoms with Crippen LogP contribution >= 0.6 is 11.6 Å². The van der Waals surface area contributed by atoms with Crippen LogP contribution in [0.4, 0.5) is 5.69 Å². The molecule has 1 aliphatic heterocycles. The second-order valence-electron chi connectivity index (χ2n) is 4.15. The van der Waals surface area contributed by atoms with Gasteiger partial charge in [-0.05, 0) is 6.07 Å². The molecule has 1 saturated heterocycles. The van der Waals surface area contributed by atoms with Gasteiger partial charge in [-0.1, -0.05) is 11.6 Å². The first kappa shape index (κ1) is 12.8. The van der Waals surface area contributed by atoms with Crippen molar-refractivity contribution in [2.45, 2.75) is 6.04 Å². The van der Waals surface area contributed by atoms with Crippen molar-refractivity contribution in [3.63, 3.8) is 0 Å². The van der Waals surface area contributed by atoms with Gasteiger partial charge in [-0.25, -0.2) is 0 Å². The van der Waals surface area contributed by atoms with Gasteiger partial charge in [0.25, 0.3) is 11.6 Å². The van der Waals surface area contributed by atoms with Gasteiger partial charge < -0.3 is 10.2 Å². The van der Waals surface area contributed by atoms with Crippen molar-refractivity contribution in [1.82, 2.24) is 10.2 Å². The first-order chi connectivity index (χ1) is 8.50. The Morgan fingerprint density at radius 3 is 2.72 bits per heavy atom. The summed E-state index contributed by atoms with van der Waals surface area (Å²) < 4.78 is 0. The van der Waals surface area contributed by atoms with Gasteiger partial charge in [0, 0.05) is 32.3 Å². The fourth-order valence-electron chi connectivity index (χ4n) is 1.69. The number of hydrogen-bond acceptors (Lipinski definition) is 4. The van der Waals surface area contributed by atoms with Crippen molar-refractivity contribution >= 4 is 23.2 Å². The number of carbonyl (C=O) groups excluding carboxylic acids is 1. The number of benzene rings is 1. The summed E-state index contributed by atoms with van der Waals surface area (Å²) in [6, 6.07) is 3.99. The van der Waals surface area contributed by atoms with Gasteiger partial charge in [-0.3, -0.25) is 14.9 Å². The van der Waals surface area contributed by atoms with Crippen molar-refractivity contribution in [1.29, 1.82) is 0 Å². The van der Waals surface area contributed by atoms with Crippen LogP contribution in [0.15, 0.2) is 18.2 Å². The van der Waals surface area contributed by atoms with E-state index in [1.54, 1.807) is 11.9 Å². The van der Waals surface area contributed by atoms with Gasteiger partial charge in [0.05, 0.1) is 21.6 Å². The molecule has 6 nitrogen and oxygen atoms in total.